The highest BCUT2D eigenvalue weighted by Gasteiger charge is 2.14. The maximum Gasteiger partial charge on any atom is 0.225 e. The fourth-order valence-corrected chi connectivity index (χ4v) is 2.77. The molecule has 1 aromatic carbocycles. The first-order chi connectivity index (χ1) is 12.0. The number of aromatic amines is 1. The number of anilines is 1. The zero-order valence-electron chi connectivity index (χ0n) is 14.1. The van der Waals surface area contributed by atoms with E-state index in [2.05, 4.69) is 20.5 Å². The Balaban J connectivity index is 1.66. The summed E-state index contributed by atoms with van der Waals surface area (Å²) in [6.07, 6.45) is 4.59. The quantitative estimate of drug-likeness (QED) is 0.717. The third-order valence-corrected chi connectivity index (χ3v) is 4.36. The van der Waals surface area contributed by atoms with Crippen LogP contribution >= 0.6 is 11.6 Å². The number of aryl methyl sites for hydroxylation is 2. The molecule has 0 spiro atoms. The average Bonchev–Trinajstić information content (AvgIpc) is 2.95. The zero-order valence-corrected chi connectivity index (χ0v) is 14.9. The molecule has 1 amide bonds. The van der Waals surface area contributed by atoms with Crippen LogP contribution in [-0.4, -0.2) is 21.1 Å². The van der Waals surface area contributed by atoms with Crippen molar-refractivity contribution in [2.24, 2.45) is 0 Å². The number of H-pyrrole nitrogens is 1. The number of carbonyl (C=O) groups excluding carboxylic acids is 1. The third kappa shape index (κ3) is 4.06. The van der Waals surface area contributed by atoms with Gasteiger partial charge in [0.15, 0.2) is 5.82 Å². The molecule has 3 rings (SSSR count). The number of carbonyl (C=O) groups is 1. The van der Waals surface area contributed by atoms with E-state index in [0.717, 1.165) is 27.9 Å². The number of nitrogens with one attached hydrogen (secondary N) is 2. The second kappa shape index (κ2) is 7.49. The van der Waals surface area contributed by atoms with Gasteiger partial charge in [-0.05, 0) is 49.6 Å². The summed E-state index contributed by atoms with van der Waals surface area (Å²) in [5.41, 5.74) is 4.96. The Morgan fingerprint density at radius 2 is 1.96 bits per heavy atom. The standard InChI is InChI=1S/C19H19ClN4O/c1-12-11-21-10-9-16(12)18-13(2)19(24-23-18)22-17(25)8-5-14-3-6-15(20)7-4-14/h3-4,6-7,9-11H,5,8H2,1-2H3,(H2,22,23,24,25). The van der Waals surface area contributed by atoms with Crippen LogP contribution in [0, 0.1) is 13.8 Å². The molecule has 0 saturated heterocycles. The van der Waals surface area contributed by atoms with E-state index in [4.69, 9.17) is 11.6 Å². The molecule has 0 aliphatic carbocycles. The van der Waals surface area contributed by atoms with Crippen molar-refractivity contribution in [3.63, 3.8) is 0 Å². The summed E-state index contributed by atoms with van der Waals surface area (Å²) < 4.78 is 0. The van der Waals surface area contributed by atoms with Crippen molar-refractivity contribution in [3.8, 4) is 11.3 Å². The first-order valence-corrected chi connectivity index (χ1v) is 8.42. The first-order valence-electron chi connectivity index (χ1n) is 8.05. The fourth-order valence-electron chi connectivity index (χ4n) is 2.64. The van der Waals surface area contributed by atoms with Gasteiger partial charge in [0, 0.05) is 35.0 Å². The lowest BCUT2D eigenvalue weighted by molar-refractivity contribution is -0.116. The topological polar surface area (TPSA) is 70.7 Å². The molecule has 0 unspecified atom stereocenters. The number of rotatable bonds is 5. The van der Waals surface area contributed by atoms with Crippen molar-refractivity contribution < 1.29 is 4.79 Å². The Hall–Kier alpha value is -2.66. The van der Waals surface area contributed by atoms with Crippen LogP contribution in [0.4, 0.5) is 5.82 Å². The van der Waals surface area contributed by atoms with Crippen LogP contribution in [0.25, 0.3) is 11.3 Å². The van der Waals surface area contributed by atoms with E-state index in [0.29, 0.717) is 23.7 Å². The van der Waals surface area contributed by atoms with E-state index < -0.39 is 0 Å². The average molecular weight is 355 g/mol. The maximum absolute atomic E-state index is 12.2. The lowest BCUT2D eigenvalue weighted by Crippen LogP contribution is -2.13. The SMILES string of the molecule is Cc1cnccc1-c1[nH]nc(NC(=O)CCc2ccc(Cl)cc2)c1C. The largest absolute Gasteiger partial charge is 0.309 e. The molecule has 0 aliphatic rings. The molecule has 0 saturated carbocycles. The molecule has 128 valence electrons. The summed E-state index contributed by atoms with van der Waals surface area (Å²) in [7, 11) is 0. The smallest absolute Gasteiger partial charge is 0.225 e. The highest BCUT2D eigenvalue weighted by Crippen LogP contribution is 2.27. The van der Waals surface area contributed by atoms with Crippen LogP contribution in [0.1, 0.15) is 23.1 Å². The van der Waals surface area contributed by atoms with Crippen molar-refractivity contribution >= 4 is 23.3 Å². The number of amides is 1. The minimum Gasteiger partial charge on any atom is -0.309 e. The fraction of sp³-hybridized carbons (Fsp3) is 0.211. The molecule has 2 aromatic heterocycles. The van der Waals surface area contributed by atoms with Crippen LogP contribution in [0.5, 0.6) is 0 Å². The molecular formula is C19H19ClN4O. The third-order valence-electron chi connectivity index (χ3n) is 4.11. The van der Waals surface area contributed by atoms with Gasteiger partial charge in [-0.25, -0.2) is 0 Å². The number of hydrogen-bond donors (Lipinski definition) is 2. The second-order valence-corrected chi connectivity index (χ2v) is 6.37. The molecule has 2 N–H and O–H groups in total. The Morgan fingerprint density at radius 1 is 1.20 bits per heavy atom. The van der Waals surface area contributed by atoms with Crippen molar-refractivity contribution in [3.05, 3.63) is 64.4 Å². The van der Waals surface area contributed by atoms with Gasteiger partial charge < -0.3 is 5.32 Å². The lowest BCUT2D eigenvalue weighted by atomic mass is 10.1. The number of aromatic nitrogens is 3. The summed E-state index contributed by atoms with van der Waals surface area (Å²) in [4.78, 5) is 16.3. The van der Waals surface area contributed by atoms with E-state index in [1.54, 1.807) is 12.4 Å². The Bertz CT molecular complexity index is 887. The summed E-state index contributed by atoms with van der Waals surface area (Å²) in [5, 5.41) is 10.8. The Morgan fingerprint density at radius 3 is 2.68 bits per heavy atom. The normalized spacial score (nSPS) is 10.7. The monoisotopic (exact) mass is 354 g/mol. The van der Waals surface area contributed by atoms with Gasteiger partial charge in [-0.1, -0.05) is 23.7 Å². The number of halogens is 1. The molecule has 6 heteroatoms. The van der Waals surface area contributed by atoms with Crippen molar-refractivity contribution in [2.45, 2.75) is 26.7 Å². The lowest BCUT2D eigenvalue weighted by Gasteiger charge is -2.05. The van der Waals surface area contributed by atoms with E-state index in [1.165, 1.54) is 0 Å². The summed E-state index contributed by atoms with van der Waals surface area (Å²) in [6.45, 7) is 3.93. The van der Waals surface area contributed by atoms with Crippen LogP contribution in [0.15, 0.2) is 42.7 Å². The van der Waals surface area contributed by atoms with E-state index in [-0.39, 0.29) is 5.91 Å². The zero-order chi connectivity index (χ0) is 17.8. The van der Waals surface area contributed by atoms with Crippen LogP contribution in [-0.2, 0) is 11.2 Å². The summed E-state index contributed by atoms with van der Waals surface area (Å²) in [5.74, 6) is 0.495. The molecule has 0 bridgehead atoms. The molecule has 3 aromatic rings. The van der Waals surface area contributed by atoms with Gasteiger partial charge in [-0.3, -0.25) is 14.9 Å². The van der Waals surface area contributed by atoms with Gasteiger partial charge in [0.2, 0.25) is 5.91 Å². The molecule has 2 heterocycles. The molecule has 25 heavy (non-hydrogen) atoms. The van der Waals surface area contributed by atoms with Crippen LogP contribution in [0.3, 0.4) is 0 Å². The number of pyridine rings is 1. The number of hydrogen-bond acceptors (Lipinski definition) is 3. The van der Waals surface area contributed by atoms with Gasteiger partial charge in [0.25, 0.3) is 0 Å². The van der Waals surface area contributed by atoms with Gasteiger partial charge in [-0.15, -0.1) is 0 Å². The van der Waals surface area contributed by atoms with Crippen LogP contribution < -0.4 is 5.32 Å². The minimum atomic E-state index is -0.0671. The maximum atomic E-state index is 12.2. The molecule has 0 atom stereocenters. The van der Waals surface area contributed by atoms with Crippen molar-refractivity contribution in [1.29, 1.82) is 0 Å². The Labute approximate surface area is 151 Å². The highest BCUT2D eigenvalue weighted by atomic mass is 35.5. The predicted molar refractivity (Wildman–Crippen MR) is 99.7 cm³/mol. The van der Waals surface area contributed by atoms with Gasteiger partial charge in [-0.2, -0.15) is 5.10 Å². The molecule has 5 nitrogen and oxygen atoms in total. The van der Waals surface area contributed by atoms with Crippen molar-refractivity contribution in [1.82, 2.24) is 15.2 Å². The summed E-state index contributed by atoms with van der Waals surface area (Å²) in [6, 6.07) is 9.45. The van der Waals surface area contributed by atoms with E-state index in [1.807, 2.05) is 44.2 Å². The van der Waals surface area contributed by atoms with Gasteiger partial charge in [0.05, 0.1) is 5.69 Å². The van der Waals surface area contributed by atoms with E-state index in [9.17, 15) is 4.79 Å². The van der Waals surface area contributed by atoms with Crippen LogP contribution in [0.2, 0.25) is 5.02 Å². The van der Waals surface area contributed by atoms with Gasteiger partial charge in [0.1, 0.15) is 0 Å². The molecular weight excluding hydrogens is 336 g/mol. The predicted octanol–water partition coefficient (Wildman–Crippen LogP) is 4.31. The minimum absolute atomic E-state index is 0.0671. The van der Waals surface area contributed by atoms with Crippen molar-refractivity contribution in [2.75, 3.05) is 5.32 Å². The summed E-state index contributed by atoms with van der Waals surface area (Å²) >= 11 is 5.87. The highest BCUT2D eigenvalue weighted by molar-refractivity contribution is 6.30. The number of benzene rings is 1. The van der Waals surface area contributed by atoms with E-state index >= 15 is 0 Å². The second-order valence-electron chi connectivity index (χ2n) is 5.94. The molecule has 0 fully saturated rings. The van der Waals surface area contributed by atoms with Gasteiger partial charge >= 0.3 is 0 Å². The Kier molecular flexibility index (Phi) is 5.14. The number of nitrogens with zero attached hydrogens (tertiary/aromatic N) is 2. The first kappa shape index (κ1) is 17.2. The molecule has 0 radical (unpaired) electrons. The molecule has 0 aliphatic heterocycles.